The molecule has 18 heavy (non-hydrogen) atoms. The molecule has 1 amide bonds. The smallest absolute Gasteiger partial charge is 0.325 e. The predicted molar refractivity (Wildman–Crippen MR) is 69.4 cm³/mol. The number of carboxylic acid groups (broad SMARTS) is 1. The van der Waals surface area contributed by atoms with Crippen LogP contribution in [0.15, 0.2) is 0 Å². The number of carbonyl (C=O) groups is 2. The van der Waals surface area contributed by atoms with Crippen LogP contribution < -0.4 is 5.32 Å². The lowest BCUT2D eigenvalue weighted by Crippen LogP contribution is -2.38. The average molecular weight is 256 g/mol. The van der Waals surface area contributed by atoms with E-state index in [0.717, 1.165) is 26.1 Å². The second-order valence-corrected chi connectivity index (χ2v) is 4.99. The summed E-state index contributed by atoms with van der Waals surface area (Å²) in [5.41, 5.74) is 0. The van der Waals surface area contributed by atoms with E-state index in [-0.39, 0.29) is 5.91 Å². The first-order chi connectivity index (χ1) is 8.59. The SMILES string of the molecule is CC(NC(=O)CCCN1CCCCCC1)C(=O)O. The minimum atomic E-state index is -0.990. The number of carbonyl (C=O) groups excluding carboxylic acids is 1. The van der Waals surface area contributed by atoms with Gasteiger partial charge in [-0.15, -0.1) is 0 Å². The zero-order chi connectivity index (χ0) is 13.4. The molecule has 0 aromatic heterocycles. The van der Waals surface area contributed by atoms with Crippen molar-refractivity contribution in [1.82, 2.24) is 10.2 Å². The van der Waals surface area contributed by atoms with E-state index in [1.54, 1.807) is 0 Å². The van der Waals surface area contributed by atoms with Gasteiger partial charge in [0.25, 0.3) is 0 Å². The summed E-state index contributed by atoms with van der Waals surface area (Å²) in [5, 5.41) is 11.1. The van der Waals surface area contributed by atoms with Gasteiger partial charge in [0, 0.05) is 6.42 Å². The predicted octanol–water partition coefficient (Wildman–Crippen LogP) is 1.23. The van der Waals surface area contributed by atoms with Crippen molar-refractivity contribution >= 4 is 11.9 Å². The molecule has 1 aliphatic heterocycles. The third kappa shape index (κ3) is 6.00. The molecule has 0 aromatic carbocycles. The molecule has 1 saturated heterocycles. The first kappa shape index (κ1) is 15.0. The van der Waals surface area contributed by atoms with Crippen molar-refractivity contribution in [1.29, 1.82) is 0 Å². The summed E-state index contributed by atoms with van der Waals surface area (Å²) in [7, 11) is 0. The van der Waals surface area contributed by atoms with E-state index in [2.05, 4.69) is 10.2 Å². The van der Waals surface area contributed by atoms with Crippen molar-refractivity contribution < 1.29 is 14.7 Å². The molecule has 2 N–H and O–H groups in total. The first-order valence-electron chi connectivity index (χ1n) is 6.84. The van der Waals surface area contributed by atoms with Crippen molar-refractivity contribution in [2.24, 2.45) is 0 Å². The van der Waals surface area contributed by atoms with Crippen LogP contribution >= 0.6 is 0 Å². The van der Waals surface area contributed by atoms with E-state index in [1.807, 2.05) is 0 Å². The lowest BCUT2D eigenvalue weighted by atomic mass is 10.2. The Labute approximate surface area is 109 Å². The molecule has 0 bridgehead atoms. The van der Waals surface area contributed by atoms with Gasteiger partial charge in [-0.1, -0.05) is 12.8 Å². The van der Waals surface area contributed by atoms with Crippen LogP contribution in [0.25, 0.3) is 0 Å². The molecule has 1 heterocycles. The van der Waals surface area contributed by atoms with Gasteiger partial charge >= 0.3 is 5.97 Å². The Bertz CT molecular complexity index is 273. The lowest BCUT2D eigenvalue weighted by molar-refractivity contribution is -0.141. The number of nitrogens with one attached hydrogen (secondary N) is 1. The highest BCUT2D eigenvalue weighted by Gasteiger charge is 2.14. The Hall–Kier alpha value is -1.10. The largest absolute Gasteiger partial charge is 0.480 e. The number of hydrogen-bond donors (Lipinski definition) is 2. The molecular formula is C13H24N2O3. The zero-order valence-corrected chi connectivity index (χ0v) is 11.2. The molecule has 1 aliphatic rings. The molecule has 1 fully saturated rings. The highest BCUT2D eigenvalue weighted by atomic mass is 16.4. The van der Waals surface area contributed by atoms with Gasteiger partial charge in [-0.25, -0.2) is 0 Å². The topological polar surface area (TPSA) is 69.6 Å². The van der Waals surface area contributed by atoms with Crippen LogP contribution in [0.4, 0.5) is 0 Å². The van der Waals surface area contributed by atoms with Gasteiger partial charge < -0.3 is 15.3 Å². The Morgan fingerprint density at radius 3 is 2.39 bits per heavy atom. The van der Waals surface area contributed by atoms with Crippen LogP contribution in [0, 0.1) is 0 Å². The maximum atomic E-state index is 11.5. The molecule has 1 unspecified atom stereocenters. The van der Waals surface area contributed by atoms with E-state index in [9.17, 15) is 9.59 Å². The number of amides is 1. The lowest BCUT2D eigenvalue weighted by Gasteiger charge is -2.19. The maximum absolute atomic E-state index is 11.5. The zero-order valence-electron chi connectivity index (χ0n) is 11.2. The summed E-state index contributed by atoms with van der Waals surface area (Å²) >= 11 is 0. The summed E-state index contributed by atoms with van der Waals surface area (Å²) in [6.45, 7) is 4.68. The molecule has 1 atom stereocenters. The second-order valence-electron chi connectivity index (χ2n) is 4.99. The third-order valence-corrected chi connectivity index (χ3v) is 3.32. The van der Waals surface area contributed by atoms with Crippen LogP contribution in [0.1, 0.15) is 45.4 Å². The van der Waals surface area contributed by atoms with Gasteiger partial charge in [-0.05, 0) is 45.8 Å². The minimum absolute atomic E-state index is 0.167. The Morgan fingerprint density at radius 2 is 1.83 bits per heavy atom. The van der Waals surface area contributed by atoms with E-state index in [0.29, 0.717) is 6.42 Å². The quantitative estimate of drug-likeness (QED) is 0.750. The van der Waals surface area contributed by atoms with Gasteiger partial charge in [0.05, 0.1) is 0 Å². The molecule has 1 rings (SSSR count). The van der Waals surface area contributed by atoms with Gasteiger partial charge in [-0.2, -0.15) is 0 Å². The van der Waals surface area contributed by atoms with Crippen LogP contribution in [0.2, 0.25) is 0 Å². The van der Waals surface area contributed by atoms with Crippen LogP contribution in [-0.4, -0.2) is 47.6 Å². The second kappa shape index (κ2) is 8.08. The van der Waals surface area contributed by atoms with E-state index in [4.69, 9.17) is 5.11 Å². The summed E-state index contributed by atoms with van der Waals surface area (Å²) < 4.78 is 0. The Morgan fingerprint density at radius 1 is 1.22 bits per heavy atom. The number of rotatable bonds is 6. The third-order valence-electron chi connectivity index (χ3n) is 3.32. The fourth-order valence-corrected chi connectivity index (χ4v) is 2.20. The normalized spacial score (nSPS) is 18.9. The summed E-state index contributed by atoms with van der Waals surface area (Å²) in [6, 6.07) is -0.796. The Balaban J connectivity index is 2.12. The van der Waals surface area contributed by atoms with Gasteiger partial charge in [0.2, 0.25) is 5.91 Å². The number of carboxylic acids is 1. The van der Waals surface area contributed by atoms with E-state index < -0.39 is 12.0 Å². The number of nitrogens with zero attached hydrogens (tertiary/aromatic N) is 1. The standard InChI is InChI=1S/C13H24N2O3/c1-11(13(17)18)14-12(16)7-6-10-15-8-4-2-3-5-9-15/h11H,2-10H2,1H3,(H,14,16)(H,17,18). The fraction of sp³-hybridized carbons (Fsp3) is 0.846. The maximum Gasteiger partial charge on any atom is 0.325 e. The van der Waals surface area contributed by atoms with Crippen molar-refractivity contribution in [2.45, 2.75) is 51.5 Å². The first-order valence-corrected chi connectivity index (χ1v) is 6.84. The molecule has 0 saturated carbocycles. The summed E-state index contributed by atoms with van der Waals surface area (Å²) in [4.78, 5) is 24.4. The molecule has 5 nitrogen and oxygen atoms in total. The molecule has 0 spiro atoms. The van der Waals surface area contributed by atoms with Gasteiger partial charge in [0.1, 0.15) is 6.04 Å². The van der Waals surface area contributed by atoms with Gasteiger partial charge in [-0.3, -0.25) is 9.59 Å². The highest BCUT2D eigenvalue weighted by Crippen LogP contribution is 2.10. The van der Waals surface area contributed by atoms with Crippen molar-refractivity contribution in [3.05, 3.63) is 0 Å². The molecular weight excluding hydrogens is 232 g/mol. The number of aliphatic carboxylic acids is 1. The van der Waals surface area contributed by atoms with E-state index >= 15 is 0 Å². The van der Waals surface area contributed by atoms with Crippen molar-refractivity contribution in [3.8, 4) is 0 Å². The number of likely N-dealkylation sites (tertiary alicyclic amines) is 1. The fourth-order valence-electron chi connectivity index (χ4n) is 2.20. The summed E-state index contributed by atoms with van der Waals surface area (Å²) in [6.07, 6.45) is 6.34. The van der Waals surface area contributed by atoms with Crippen molar-refractivity contribution in [2.75, 3.05) is 19.6 Å². The molecule has 104 valence electrons. The molecule has 0 radical (unpaired) electrons. The minimum Gasteiger partial charge on any atom is -0.480 e. The summed E-state index contributed by atoms with van der Waals surface area (Å²) in [5.74, 6) is -1.16. The molecule has 5 heteroatoms. The highest BCUT2D eigenvalue weighted by molar-refractivity contribution is 5.83. The van der Waals surface area contributed by atoms with Gasteiger partial charge in [0.15, 0.2) is 0 Å². The number of hydrogen-bond acceptors (Lipinski definition) is 3. The van der Waals surface area contributed by atoms with E-state index in [1.165, 1.54) is 32.6 Å². The Kier molecular flexibility index (Phi) is 6.72. The monoisotopic (exact) mass is 256 g/mol. The average Bonchev–Trinajstić information content (AvgIpc) is 2.57. The van der Waals surface area contributed by atoms with Crippen LogP contribution in [0.5, 0.6) is 0 Å². The molecule has 0 aromatic rings. The molecule has 0 aliphatic carbocycles. The van der Waals surface area contributed by atoms with Crippen LogP contribution in [0.3, 0.4) is 0 Å². The van der Waals surface area contributed by atoms with Crippen molar-refractivity contribution in [3.63, 3.8) is 0 Å². The van der Waals surface area contributed by atoms with Crippen LogP contribution in [-0.2, 0) is 9.59 Å².